The lowest BCUT2D eigenvalue weighted by molar-refractivity contribution is 0.0519. The lowest BCUT2D eigenvalue weighted by Gasteiger charge is -2.46. The predicted molar refractivity (Wildman–Crippen MR) is 105 cm³/mol. The van der Waals surface area contributed by atoms with E-state index in [9.17, 15) is 9.90 Å². The molecule has 1 aromatic heterocycles. The molecular formula is C22H28N2O3. The molecule has 0 unspecified atom stereocenters. The zero-order chi connectivity index (χ0) is 18.6. The van der Waals surface area contributed by atoms with E-state index in [1.54, 1.807) is 6.07 Å². The molecule has 2 bridgehead atoms. The Morgan fingerprint density at radius 2 is 1.93 bits per heavy atom. The van der Waals surface area contributed by atoms with E-state index in [4.69, 9.17) is 4.74 Å². The number of piperidine rings is 1. The highest BCUT2D eigenvalue weighted by molar-refractivity contribution is 5.19. The van der Waals surface area contributed by atoms with E-state index in [0.29, 0.717) is 18.4 Å². The van der Waals surface area contributed by atoms with E-state index in [1.807, 2.05) is 28.8 Å². The average molecular weight is 368 g/mol. The van der Waals surface area contributed by atoms with Crippen LogP contribution in [-0.2, 0) is 11.3 Å². The SMILES string of the molecule is O=c1cccc2n1[C@@H](CO)[C@H]1C[C@@H]2CN(CCCOCc2ccccc2)C1. The van der Waals surface area contributed by atoms with Gasteiger partial charge in [-0.2, -0.15) is 0 Å². The molecule has 5 heteroatoms. The smallest absolute Gasteiger partial charge is 0.251 e. The fourth-order valence-corrected chi connectivity index (χ4v) is 4.71. The van der Waals surface area contributed by atoms with Gasteiger partial charge in [-0.15, -0.1) is 0 Å². The van der Waals surface area contributed by atoms with Crippen LogP contribution in [0.25, 0.3) is 0 Å². The van der Waals surface area contributed by atoms with Crippen molar-refractivity contribution in [3.8, 4) is 0 Å². The van der Waals surface area contributed by atoms with Crippen molar-refractivity contribution >= 4 is 0 Å². The molecule has 3 atom stereocenters. The van der Waals surface area contributed by atoms with E-state index in [2.05, 4.69) is 23.1 Å². The van der Waals surface area contributed by atoms with E-state index < -0.39 is 0 Å². The lowest BCUT2D eigenvalue weighted by Crippen LogP contribution is -2.50. The molecule has 3 heterocycles. The molecule has 0 amide bonds. The molecule has 2 aromatic rings. The maximum absolute atomic E-state index is 12.3. The van der Waals surface area contributed by atoms with E-state index in [1.165, 1.54) is 5.56 Å². The van der Waals surface area contributed by atoms with Gasteiger partial charge >= 0.3 is 0 Å². The van der Waals surface area contributed by atoms with Gasteiger partial charge in [-0.05, 0) is 30.4 Å². The molecule has 5 nitrogen and oxygen atoms in total. The minimum Gasteiger partial charge on any atom is -0.394 e. The van der Waals surface area contributed by atoms with Gasteiger partial charge in [-0.3, -0.25) is 4.79 Å². The van der Waals surface area contributed by atoms with Crippen molar-refractivity contribution in [1.29, 1.82) is 0 Å². The van der Waals surface area contributed by atoms with Crippen molar-refractivity contribution in [2.24, 2.45) is 5.92 Å². The minimum absolute atomic E-state index is 0.0176. The molecule has 144 valence electrons. The molecule has 4 rings (SSSR count). The van der Waals surface area contributed by atoms with Crippen molar-refractivity contribution in [3.63, 3.8) is 0 Å². The van der Waals surface area contributed by atoms with Gasteiger partial charge < -0.3 is 19.3 Å². The maximum Gasteiger partial charge on any atom is 0.251 e. The van der Waals surface area contributed by atoms with Crippen LogP contribution in [0.4, 0.5) is 0 Å². The maximum atomic E-state index is 12.3. The summed E-state index contributed by atoms with van der Waals surface area (Å²) in [4.78, 5) is 14.8. The highest BCUT2D eigenvalue weighted by Crippen LogP contribution is 2.40. The third-order valence-corrected chi connectivity index (χ3v) is 5.94. The summed E-state index contributed by atoms with van der Waals surface area (Å²) in [5.74, 6) is 0.720. The Hall–Kier alpha value is -1.95. The third-order valence-electron chi connectivity index (χ3n) is 5.94. The van der Waals surface area contributed by atoms with Crippen molar-refractivity contribution in [2.45, 2.75) is 31.4 Å². The van der Waals surface area contributed by atoms with Crippen LogP contribution in [0, 0.1) is 5.92 Å². The zero-order valence-corrected chi connectivity index (χ0v) is 15.7. The number of aliphatic hydroxyl groups excluding tert-OH is 1. The Kier molecular flexibility index (Phi) is 5.72. The third kappa shape index (κ3) is 4.00. The summed E-state index contributed by atoms with van der Waals surface area (Å²) >= 11 is 0. The molecule has 2 aliphatic rings. The number of pyridine rings is 1. The van der Waals surface area contributed by atoms with Crippen LogP contribution >= 0.6 is 0 Å². The van der Waals surface area contributed by atoms with Crippen molar-refractivity contribution in [3.05, 3.63) is 70.1 Å². The first kappa shape index (κ1) is 18.4. The highest BCUT2D eigenvalue weighted by Gasteiger charge is 2.39. The number of likely N-dealkylation sites (tertiary alicyclic amines) is 1. The molecule has 27 heavy (non-hydrogen) atoms. The quantitative estimate of drug-likeness (QED) is 0.763. The summed E-state index contributed by atoms with van der Waals surface area (Å²) in [7, 11) is 0. The molecule has 2 aliphatic heterocycles. The van der Waals surface area contributed by atoms with E-state index in [0.717, 1.165) is 44.8 Å². The standard InChI is InChI=1S/C22H28N2O3/c25-15-21-19-12-18(20-8-4-9-22(26)24(20)21)13-23(14-19)10-5-11-27-16-17-6-2-1-3-7-17/h1-4,6-9,18-19,21,25H,5,10-16H2/t18-,19+,21+/m1/s1. The number of hydrogen-bond donors (Lipinski definition) is 1. The largest absolute Gasteiger partial charge is 0.394 e. The number of benzene rings is 1. The van der Waals surface area contributed by atoms with Crippen LogP contribution in [0.5, 0.6) is 0 Å². The topological polar surface area (TPSA) is 54.7 Å². The second-order valence-electron chi connectivity index (χ2n) is 7.75. The molecule has 1 aromatic carbocycles. The molecular weight excluding hydrogens is 340 g/mol. The summed E-state index contributed by atoms with van der Waals surface area (Å²) in [5.41, 5.74) is 2.31. The Bertz CT molecular complexity index is 805. The van der Waals surface area contributed by atoms with Crippen LogP contribution < -0.4 is 5.56 Å². The second-order valence-corrected chi connectivity index (χ2v) is 7.75. The number of fused-ring (bicyclic) bond motifs is 4. The number of hydrogen-bond acceptors (Lipinski definition) is 4. The minimum atomic E-state index is -0.0953. The summed E-state index contributed by atoms with van der Waals surface area (Å²) in [5, 5.41) is 9.92. The van der Waals surface area contributed by atoms with Gasteiger partial charge in [0.2, 0.25) is 0 Å². The normalized spacial score (nSPS) is 24.6. The van der Waals surface area contributed by atoms with Gasteiger partial charge in [-0.25, -0.2) is 0 Å². The Morgan fingerprint density at radius 3 is 2.74 bits per heavy atom. The van der Waals surface area contributed by atoms with Crippen molar-refractivity contribution in [2.75, 3.05) is 32.8 Å². The second kappa shape index (κ2) is 8.38. The number of aromatic nitrogens is 1. The zero-order valence-electron chi connectivity index (χ0n) is 15.7. The summed E-state index contributed by atoms with van der Waals surface area (Å²) in [6, 6.07) is 15.7. The molecule has 0 saturated carbocycles. The van der Waals surface area contributed by atoms with Crippen LogP contribution in [0.2, 0.25) is 0 Å². The summed E-state index contributed by atoms with van der Waals surface area (Å²) < 4.78 is 7.65. The highest BCUT2D eigenvalue weighted by atomic mass is 16.5. The Balaban J connectivity index is 1.33. The first-order valence-electron chi connectivity index (χ1n) is 9.92. The number of nitrogens with zero attached hydrogens (tertiary/aromatic N) is 2. The van der Waals surface area contributed by atoms with E-state index >= 15 is 0 Å². The molecule has 1 saturated heterocycles. The average Bonchev–Trinajstić information content (AvgIpc) is 2.69. The van der Waals surface area contributed by atoms with Gasteiger partial charge in [0.05, 0.1) is 19.3 Å². The molecule has 0 spiro atoms. The van der Waals surface area contributed by atoms with Gasteiger partial charge in [0.25, 0.3) is 5.56 Å². The molecule has 0 radical (unpaired) electrons. The predicted octanol–water partition coefficient (Wildman–Crippen LogP) is 2.41. The van der Waals surface area contributed by atoms with Crippen LogP contribution in [-0.4, -0.2) is 47.4 Å². The molecule has 1 N–H and O–H groups in total. The van der Waals surface area contributed by atoms with Crippen molar-refractivity contribution < 1.29 is 9.84 Å². The van der Waals surface area contributed by atoms with Gasteiger partial charge in [0.15, 0.2) is 0 Å². The van der Waals surface area contributed by atoms with Crippen LogP contribution in [0.3, 0.4) is 0 Å². The van der Waals surface area contributed by atoms with Crippen LogP contribution in [0.15, 0.2) is 53.3 Å². The number of aliphatic hydroxyl groups is 1. The van der Waals surface area contributed by atoms with Gasteiger partial charge in [0, 0.05) is 43.9 Å². The molecule has 1 fully saturated rings. The van der Waals surface area contributed by atoms with Crippen LogP contribution in [0.1, 0.15) is 36.1 Å². The fraction of sp³-hybridized carbons (Fsp3) is 0.500. The summed E-state index contributed by atoms with van der Waals surface area (Å²) in [6.45, 7) is 4.37. The number of ether oxygens (including phenoxy) is 1. The number of rotatable bonds is 7. The Morgan fingerprint density at radius 1 is 1.07 bits per heavy atom. The Labute approximate surface area is 160 Å². The van der Waals surface area contributed by atoms with Crippen molar-refractivity contribution in [1.82, 2.24) is 9.47 Å². The van der Waals surface area contributed by atoms with Gasteiger partial charge in [0.1, 0.15) is 0 Å². The summed E-state index contributed by atoms with van der Waals surface area (Å²) in [6.07, 6.45) is 2.06. The first-order valence-corrected chi connectivity index (χ1v) is 9.92. The monoisotopic (exact) mass is 368 g/mol. The first-order chi connectivity index (χ1) is 13.3. The van der Waals surface area contributed by atoms with Gasteiger partial charge in [-0.1, -0.05) is 36.4 Å². The molecule has 0 aliphatic carbocycles. The lowest BCUT2D eigenvalue weighted by atomic mass is 9.78. The fourth-order valence-electron chi connectivity index (χ4n) is 4.71. The van der Waals surface area contributed by atoms with E-state index in [-0.39, 0.29) is 18.2 Å².